The van der Waals surface area contributed by atoms with Crippen molar-refractivity contribution in [3.8, 4) is 0 Å². The molecule has 1 N–H and O–H groups in total. The van der Waals surface area contributed by atoms with Crippen molar-refractivity contribution in [1.82, 2.24) is 5.32 Å². The van der Waals surface area contributed by atoms with Crippen molar-refractivity contribution in [1.29, 1.82) is 0 Å². The van der Waals surface area contributed by atoms with Crippen molar-refractivity contribution >= 4 is 11.6 Å². The van der Waals surface area contributed by atoms with E-state index in [1.807, 2.05) is 12.1 Å². The van der Waals surface area contributed by atoms with Gasteiger partial charge in [0, 0.05) is 12.1 Å². The van der Waals surface area contributed by atoms with Crippen LogP contribution in [0.25, 0.3) is 0 Å². The van der Waals surface area contributed by atoms with Crippen LogP contribution in [0.2, 0.25) is 5.02 Å². The molecule has 2 rings (SSSR count). The Kier molecular flexibility index (Phi) is 6.24. The number of methoxy groups -OCH3 is 1. The van der Waals surface area contributed by atoms with Gasteiger partial charge in [0.2, 0.25) is 0 Å². The highest BCUT2D eigenvalue weighted by Crippen LogP contribution is 2.24. The Hall–Kier alpha value is -1.35. The molecule has 0 amide bonds. The summed E-state index contributed by atoms with van der Waals surface area (Å²) in [6.45, 7) is 3.79. The molecular formula is C18H22ClNO. The first kappa shape index (κ1) is 16.0. The zero-order valence-corrected chi connectivity index (χ0v) is 13.4. The van der Waals surface area contributed by atoms with Gasteiger partial charge in [0.15, 0.2) is 0 Å². The molecule has 0 aliphatic carbocycles. The summed E-state index contributed by atoms with van der Waals surface area (Å²) >= 11 is 5.98. The van der Waals surface area contributed by atoms with Crippen molar-refractivity contribution in [2.75, 3.05) is 20.3 Å². The van der Waals surface area contributed by atoms with Crippen LogP contribution in [0.4, 0.5) is 0 Å². The van der Waals surface area contributed by atoms with E-state index in [0.717, 1.165) is 24.6 Å². The Morgan fingerprint density at radius 1 is 1.00 bits per heavy atom. The molecule has 2 nitrogen and oxygen atoms in total. The summed E-state index contributed by atoms with van der Waals surface area (Å²) in [5.74, 6) is 0. The summed E-state index contributed by atoms with van der Waals surface area (Å²) in [7, 11) is 1.73. The Balaban J connectivity index is 2.19. The molecule has 0 radical (unpaired) electrons. The van der Waals surface area contributed by atoms with Gasteiger partial charge in [-0.1, -0.05) is 54.9 Å². The topological polar surface area (TPSA) is 21.3 Å². The molecule has 112 valence electrons. The maximum atomic E-state index is 5.98. The smallest absolute Gasteiger partial charge is 0.0576 e. The van der Waals surface area contributed by atoms with Crippen LogP contribution in [0.15, 0.2) is 48.5 Å². The fourth-order valence-corrected chi connectivity index (χ4v) is 2.51. The number of halogens is 1. The number of benzene rings is 2. The average molecular weight is 304 g/mol. The number of nitrogens with one attached hydrogen (secondary N) is 1. The SMILES string of the molecule is CCNC(c1ccc(Cl)cc1)c1ccc(CCOC)cc1. The van der Waals surface area contributed by atoms with Crippen molar-refractivity contribution in [3.05, 3.63) is 70.2 Å². The van der Waals surface area contributed by atoms with Gasteiger partial charge in [-0.25, -0.2) is 0 Å². The maximum absolute atomic E-state index is 5.98. The van der Waals surface area contributed by atoms with Crippen LogP contribution in [-0.4, -0.2) is 20.3 Å². The van der Waals surface area contributed by atoms with E-state index < -0.39 is 0 Å². The molecular weight excluding hydrogens is 282 g/mol. The van der Waals surface area contributed by atoms with E-state index >= 15 is 0 Å². The van der Waals surface area contributed by atoms with Crippen molar-refractivity contribution in [2.45, 2.75) is 19.4 Å². The third kappa shape index (κ3) is 4.57. The zero-order chi connectivity index (χ0) is 15.1. The summed E-state index contributed by atoms with van der Waals surface area (Å²) in [4.78, 5) is 0. The van der Waals surface area contributed by atoms with Crippen molar-refractivity contribution in [3.63, 3.8) is 0 Å². The lowest BCUT2D eigenvalue weighted by atomic mass is 9.97. The standard InChI is InChI=1S/C18H22ClNO/c1-3-20-18(16-8-10-17(19)11-9-16)15-6-4-14(5-7-15)12-13-21-2/h4-11,18,20H,3,12-13H2,1-2H3. The highest BCUT2D eigenvalue weighted by Gasteiger charge is 2.12. The molecule has 0 aliphatic rings. The molecule has 21 heavy (non-hydrogen) atoms. The number of rotatable bonds is 7. The molecule has 0 aromatic heterocycles. The summed E-state index contributed by atoms with van der Waals surface area (Å²) in [5.41, 5.74) is 3.79. The molecule has 1 unspecified atom stereocenters. The molecule has 0 fully saturated rings. The minimum absolute atomic E-state index is 0.198. The minimum atomic E-state index is 0.198. The van der Waals surface area contributed by atoms with Crippen LogP contribution < -0.4 is 5.32 Å². The average Bonchev–Trinajstić information content (AvgIpc) is 2.52. The molecule has 0 aliphatic heterocycles. The van der Waals surface area contributed by atoms with E-state index in [4.69, 9.17) is 16.3 Å². The van der Waals surface area contributed by atoms with Crippen LogP contribution in [0, 0.1) is 0 Å². The van der Waals surface area contributed by atoms with Gasteiger partial charge in [-0.3, -0.25) is 0 Å². The Bertz CT molecular complexity index is 536. The molecule has 2 aromatic rings. The Morgan fingerprint density at radius 3 is 2.10 bits per heavy atom. The second kappa shape index (κ2) is 8.18. The predicted molar refractivity (Wildman–Crippen MR) is 89.0 cm³/mol. The monoisotopic (exact) mass is 303 g/mol. The van der Waals surface area contributed by atoms with Crippen molar-refractivity contribution in [2.24, 2.45) is 0 Å². The lowest BCUT2D eigenvalue weighted by molar-refractivity contribution is 0.202. The molecule has 2 aromatic carbocycles. The van der Waals surface area contributed by atoms with Crippen LogP contribution in [-0.2, 0) is 11.2 Å². The van der Waals surface area contributed by atoms with Gasteiger partial charge in [0.05, 0.1) is 12.6 Å². The maximum Gasteiger partial charge on any atom is 0.0576 e. The van der Waals surface area contributed by atoms with E-state index in [1.165, 1.54) is 16.7 Å². The fourth-order valence-electron chi connectivity index (χ4n) is 2.38. The second-order valence-corrected chi connectivity index (χ2v) is 5.46. The van der Waals surface area contributed by atoms with Crippen LogP contribution in [0.1, 0.15) is 29.7 Å². The summed E-state index contributed by atoms with van der Waals surface area (Å²) in [6.07, 6.45) is 0.948. The van der Waals surface area contributed by atoms with Crippen LogP contribution >= 0.6 is 11.6 Å². The second-order valence-electron chi connectivity index (χ2n) is 5.03. The Morgan fingerprint density at radius 2 is 1.57 bits per heavy atom. The highest BCUT2D eigenvalue weighted by atomic mass is 35.5. The van der Waals surface area contributed by atoms with E-state index in [-0.39, 0.29) is 6.04 Å². The largest absolute Gasteiger partial charge is 0.384 e. The fraction of sp³-hybridized carbons (Fsp3) is 0.333. The van der Waals surface area contributed by atoms with Gasteiger partial charge in [0.25, 0.3) is 0 Å². The summed E-state index contributed by atoms with van der Waals surface area (Å²) < 4.78 is 5.12. The molecule has 3 heteroatoms. The number of hydrogen-bond donors (Lipinski definition) is 1. The number of hydrogen-bond acceptors (Lipinski definition) is 2. The number of ether oxygens (including phenoxy) is 1. The molecule has 1 atom stereocenters. The third-order valence-electron chi connectivity index (χ3n) is 3.52. The van der Waals surface area contributed by atoms with E-state index in [0.29, 0.717) is 0 Å². The molecule has 0 heterocycles. The third-order valence-corrected chi connectivity index (χ3v) is 3.77. The molecule has 0 bridgehead atoms. The van der Waals surface area contributed by atoms with Gasteiger partial charge in [-0.15, -0.1) is 0 Å². The van der Waals surface area contributed by atoms with E-state index in [9.17, 15) is 0 Å². The van der Waals surface area contributed by atoms with Crippen molar-refractivity contribution < 1.29 is 4.74 Å². The van der Waals surface area contributed by atoms with Gasteiger partial charge in [-0.2, -0.15) is 0 Å². The predicted octanol–water partition coefficient (Wildman–Crippen LogP) is 4.23. The first-order valence-electron chi connectivity index (χ1n) is 7.31. The molecule has 0 saturated heterocycles. The summed E-state index contributed by atoms with van der Waals surface area (Å²) in [5, 5.41) is 4.30. The van der Waals surface area contributed by atoms with Gasteiger partial charge in [-0.05, 0) is 41.8 Å². The van der Waals surface area contributed by atoms with E-state index in [1.54, 1.807) is 7.11 Å². The van der Waals surface area contributed by atoms with Gasteiger partial charge < -0.3 is 10.1 Å². The lowest BCUT2D eigenvalue weighted by Crippen LogP contribution is -2.21. The molecule has 0 spiro atoms. The lowest BCUT2D eigenvalue weighted by Gasteiger charge is -2.19. The zero-order valence-electron chi connectivity index (χ0n) is 12.6. The van der Waals surface area contributed by atoms with Crippen LogP contribution in [0.5, 0.6) is 0 Å². The summed E-state index contributed by atoms with van der Waals surface area (Å²) in [6, 6.07) is 17.0. The highest BCUT2D eigenvalue weighted by molar-refractivity contribution is 6.30. The van der Waals surface area contributed by atoms with Gasteiger partial charge >= 0.3 is 0 Å². The normalized spacial score (nSPS) is 12.3. The Labute approximate surface area is 132 Å². The quantitative estimate of drug-likeness (QED) is 0.826. The van der Waals surface area contributed by atoms with Gasteiger partial charge in [0.1, 0.15) is 0 Å². The van der Waals surface area contributed by atoms with E-state index in [2.05, 4.69) is 48.6 Å². The first-order chi connectivity index (χ1) is 10.2. The molecule has 0 saturated carbocycles. The first-order valence-corrected chi connectivity index (χ1v) is 7.69. The minimum Gasteiger partial charge on any atom is -0.384 e. The van der Waals surface area contributed by atoms with Crippen LogP contribution in [0.3, 0.4) is 0 Å².